The van der Waals surface area contributed by atoms with Crippen molar-refractivity contribution in [2.24, 2.45) is 11.8 Å². The molecule has 0 radical (unpaired) electrons. The van der Waals surface area contributed by atoms with E-state index in [2.05, 4.69) is 18.3 Å². The van der Waals surface area contributed by atoms with Crippen molar-refractivity contribution in [1.29, 1.82) is 0 Å². The van der Waals surface area contributed by atoms with Crippen LogP contribution >= 0.6 is 0 Å². The molecule has 112 valence electrons. The molecule has 1 unspecified atom stereocenters. The fraction of sp³-hybridized carbons (Fsp3) is 0.667. The highest BCUT2D eigenvalue weighted by molar-refractivity contribution is 5.34. The van der Waals surface area contributed by atoms with Crippen molar-refractivity contribution in [2.45, 2.75) is 58.9 Å². The van der Waals surface area contributed by atoms with Crippen LogP contribution in [0.3, 0.4) is 0 Å². The van der Waals surface area contributed by atoms with Crippen LogP contribution in [0.25, 0.3) is 0 Å². The number of halogens is 1. The van der Waals surface area contributed by atoms with Crippen molar-refractivity contribution in [3.05, 3.63) is 34.6 Å². The minimum atomic E-state index is -0.0422. The SMILES string of the molecule is CCC1CCC(C(NC)c2c(C)cc(C)cc2F)CC1. The standard InChI is InChI=1S/C18H28FN/c1-5-14-6-8-15(9-7-14)18(20-4)17-13(3)10-12(2)11-16(17)19/h10-11,14-15,18,20H,5-9H2,1-4H3. The molecule has 1 atom stereocenters. The van der Waals surface area contributed by atoms with E-state index in [1.54, 1.807) is 6.07 Å². The maximum Gasteiger partial charge on any atom is 0.128 e. The zero-order chi connectivity index (χ0) is 14.7. The first kappa shape index (κ1) is 15.5. The summed E-state index contributed by atoms with van der Waals surface area (Å²) in [6.45, 7) is 6.28. The van der Waals surface area contributed by atoms with Crippen molar-refractivity contribution < 1.29 is 4.39 Å². The Labute approximate surface area is 123 Å². The van der Waals surface area contributed by atoms with Crippen LogP contribution in [0.5, 0.6) is 0 Å². The predicted octanol–water partition coefficient (Wildman–Crippen LogP) is 4.92. The quantitative estimate of drug-likeness (QED) is 0.823. The molecule has 2 rings (SSSR count). The third-order valence-corrected chi connectivity index (χ3v) is 5.04. The van der Waals surface area contributed by atoms with Gasteiger partial charge in [-0.2, -0.15) is 0 Å². The first-order valence-electron chi connectivity index (χ1n) is 8.00. The average Bonchev–Trinajstić information content (AvgIpc) is 2.43. The van der Waals surface area contributed by atoms with E-state index in [4.69, 9.17) is 0 Å². The third kappa shape index (κ3) is 3.22. The Bertz CT molecular complexity index is 424. The van der Waals surface area contributed by atoms with E-state index < -0.39 is 0 Å². The normalized spacial score (nSPS) is 24.6. The zero-order valence-corrected chi connectivity index (χ0v) is 13.3. The lowest BCUT2D eigenvalue weighted by molar-refractivity contribution is 0.221. The van der Waals surface area contributed by atoms with Crippen LogP contribution in [0.4, 0.5) is 4.39 Å². The van der Waals surface area contributed by atoms with Gasteiger partial charge in [-0.15, -0.1) is 0 Å². The molecule has 1 aliphatic carbocycles. The van der Waals surface area contributed by atoms with E-state index in [0.717, 1.165) is 22.6 Å². The van der Waals surface area contributed by atoms with Gasteiger partial charge >= 0.3 is 0 Å². The molecule has 1 N–H and O–H groups in total. The Hall–Kier alpha value is -0.890. The van der Waals surface area contributed by atoms with Gasteiger partial charge in [0.2, 0.25) is 0 Å². The van der Waals surface area contributed by atoms with Crippen LogP contribution in [-0.4, -0.2) is 7.05 Å². The Morgan fingerprint density at radius 3 is 2.35 bits per heavy atom. The maximum absolute atomic E-state index is 14.4. The number of hydrogen-bond donors (Lipinski definition) is 1. The smallest absolute Gasteiger partial charge is 0.128 e. The largest absolute Gasteiger partial charge is 0.313 e. The van der Waals surface area contributed by atoms with Crippen LogP contribution in [0.15, 0.2) is 12.1 Å². The third-order valence-electron chi connectivity index (χ3n) is 5.04. The molecule has 0 aliphatic heterocycles. The first-order chi connectivity index (χ1) is 9.56. The van der Waals surface area contributed by atoms with Gasteiger partial charge in [0.1, 0.15) is 5.82 Å². The molecule has 2 heteroatoms. The highest BCUT2D eigenvalue weighted by atomic mass is 19.1. The molecule has 0 amide bonds. The Balaban J connectivity index is 2.21. The molecule has 1 aromatic carbocycles. The summed E-state index contributed by atoms with van der Waals surface area (Å²) in [6, 6.07) is 3.93. The number of hydrogen-bond acceptors (Lipinski definition) is 1. The Morgan fingerprint density at radius 2 is 1.85 bits per heavy atom. The monoisotopic (exact) mass is 277 g/mol. The van der Waals surface area contributed by atoms with Crippen LogP contribution in [-0.2, 0) is 0 Å². The van der Waals surface area contributed by atoms with Crippen molar-refractivity contribution in [1.82, 2.24) is 5.32 Å². The van der Waals surface area contributed by atoms with Gasteiger partial charge in [-0.1, -0.05) is 32.3 Å². The predicted molar refractivity (Wildman–Crippen MR) is 83.4 cm³/mol. The highest BCUT2D eigenvalue weighted by Gasteiger charge is 2.29. The molecule has 0 spiro atoms. The summed E-state index contributed by atoms with van der Waals surface area (Å²) in [5, 5.41) is 3.38. The van der Waals surface area contributed by atoms with Crippen LogP contribution in [0.1, 0.15) is 61.8 Å². The number of benzene rings is 1. The molecule has 1 aromatic rings. The van der Waals surface area contributed by atoms with Crippen molar-refractivity contribution in [3.8, 4) is 0 Å². The average molecular weight is 277 g/mol. The van der Waals surface area contributed by atoms with E-state index in [1.165, 1.54) is 32.1 Å². The van der Waals surface area contributed by atoms with Crippen molar-refractivity contribution >= 4 is 0 Å². The number of nitrogens with one attached hydrogen (secondary N) is 1. The summed E-state index contributed by atoms with van der Waals surface area (Å²) in [5.74, 6) is 1.41. The molecule has 1 saturated carbocycles. The molecular weight excluding hydrogens is 249 g/mol. The summed E-state index contributed by atoms with van der Waals surface area (Å²) in [5.41, 5.74) is 2.98. The van der Waals surface area contributed by atoms with E-state index >= 15 is 0 Å². The number of aryl methyl sites for hydroxylation is 2. The van der Waals surface area contributed by atoms with Crippen molar-refractivity contribution in [3.63, 3.8) is 0 Å². The van der Waals surface area contributed by atoms with Gasteiger partial charge in [0, 0.05) is 11.6 Å². The lowest BCUT2D eigenvalue weighted by Gasteiger charge is -2.34. The molecule has 0 heterocycles. The number of rotatable bonds is 4. The van der Waals surface area contributed by atoms with Gasteiger partial charge in [-0.3, -0.25) is 0 Å². The van der Waals surface area contributed by atoms with Gasteiger partial charge in [0.15, 0.2) is 0 Å². The van der Waals surface area contributed by atoms with Crippen LogP contribution in [0.2, 0.25) is 0 Å². The second kappa shape index (κ2) is 6.71. The summed E-state index contributed by atoms with van der Waals surface area (Å²) < 4.78 is 14.4. The fourth-order valence-corrected chi connectivity index (χ4v) is 3.87. The molecule has 1 nitrogen and oxygen atoms in total. The zero-order valence-electron chi connectivity index (χ0n) is 13.3. The van der Waals surface area contributed by atoms with E-state index in [9.17, 15) is 4.39 Å². The van der Waals surface area contributed by atoms with Crippen molar-refractivity contribution in [2.75, 3.05) is 7.05 Å². The van der Waals surface area contributed by atoms with Gasteiger partial charge in [0.25, 0.3) is 0 Å². The van der Waals surface area contributed by atoms with Gasteiger partial charge in [-0.25, -0.2) is 4.39 Å². The molecule has 0 saturated heterocycles. The Kier molecular flexibility index (Phi) is 5.20. The molecule has 0 bridgehead atoms. The van der Waals surface area contributed by atoms with Crippen LogP contribution < -0.4 is 5.32 Å². The Morgan fingerprint density at radius 1 is 1.20 bits per heavy atom. The highest BCUT2D eigenvalue weighted by Crippen LogP contribution is 2.39. The van der Waals surface area contributed by atoms with Gasteiger partial charge < -0.3 is 5.32 Å². The van der Waals surface area contributed by atoms with Gasteiger partial charge in [-0.05, 0) is 62.8 Å². The summed E-state index contributed by atoms with van der Waals surface area (Å²) >= 11 is 0. The molecule has 20 heavy (non-hydrogen) atoms. The minimum Gasteiger partial charge on any atom is -0.313 e. The van der Waals surface area contributed by atoms with E-state index in [-0.39, 0.29) is 11.9 Å². The minimum absolute atomic E-state index is 0.0422. The second-order valence-electron chi connectivity index (χ2n) is 6.43. The molecule has 1 fully saturated rings. The van der Waals surface area contributed by atoms with E-state index in [1.807, 2.05) is 20.9 Å². The van der Waals surface area contributed by atoms with E-state index in [0.29, 0.717) is 5.92 Å². The fourth-order valence-electron chi connectivity index (χ4n) is 3.87. The maximum atomic E-state index is 14.4. The second-order valence-corrected chi connectivity index (χ2v) is 6.43. The van der Waals surface area contributed by atoms with Crippen LogP contribution in [0, 0.1) is 31.5 Å². The first-order valence-corrected chi connectivity index (χ1v) is 8.00. The lowest BCUT2D eigenvalue weighted by Crippen LogP contribution is -2.30. The summed E-state index contributed by atoms with van der Waals surface area (Å²) in [4.78, 5) is 0. The molecular formula is C18H28FN. The lowest BCUT2D eigenvalue weighted by atomic mass is 9.75. The van der Waals surface area contributed by atoms with Gasteiger partial charge in [0.05, 0.1) is 0 Å². The molecule has 0 aromatic heterocycles. The molecule has 1 aliphatic rings. The summed E-state index contributed by atoms with van der Waals surface area (Å²) in [6.07, 6.45) is 6.32. The summed E-state index contributed by atoms with van der Waals surface area (Å²) in [7, 11) is 1.97. The topological polar surface area (TPSA) is 12.0 Å².